The molecule has 0 heterocycles. The number of hydrogen-bond donors (Lipinski definition) is 1. The van der Waals surface area contributed by atoms with Crippen molar-refractivity contribution in [2.75, 3.05) is 14.2 Å². The van der Waals surface area contributed by atoms with Crippen LogP contribution in [0.3, 0.4) is 0 Å². The van der Waals surface area contributed by atoms with Gasteiger partial charge in [0.25, 0.3) is 5.91 Å². The second-order valence-corrected chi connectivity index (χ2v) is 6.56. The van der Waals surface area contributed by atoms with E-state index in [4.69, 9.17) is 9.47 Å². The molecule has 0 aliphatic heterocycles. The van der Waals surface area contributed by atoms with E-state index in [0.717, 1.165) is 30.2 Å². The molecule has 1 N–H and O–H groups in total. The second-order valence-electron chi connectivity index (χ2n) is 5.71. The van der Waals surface area contributed by atoms with Gasteiger partial charge in [-0.05, 0) is 40.9 Å². The zero-order chi connectivity index (χ0) is 17.5. The maximum atomic E-state index is 12.4. The minimum absolute atomic E-state index is 0.0657. The number of ether oxygens (including phenoxy) is 2. The van der Waals surface area contributed by atoms with Gasteiger partial charge in [-0.1, -0.05) is 19.3 Å². The van der Waals surface area contributed by atoms with Gasteiger partial charge in [0.05, 0.1) is 18.7 Å². The van der Waals surface area contributed by atoms with Crippen molar-refractivity contribution in [3.63, 3.8) is 0 Å². The summed E-state index contributed by atoms with van der Waals surface area (Å²) in [5.74, 6) is 0.820. The van der Waals surface area contributed by atoms with E-state index in [1.807, 2.05) is 6.07 Å². The highest BCUT2D eigenvalue weighted by atomic mass is 79.9. The van der Waals surface area contributed by atoms with Crippen molar-refractivity contribution in [1.82, 2.24) is 5.32 Å². The Morgan fingerprint density at radius 2 is 1.92 bits per heavy atom. The van der Waals surface area contributed by atoms with Gasteiger partial charge in [0.1, 0.15) is 23.1 Å². The van der Waals surface area contributed by atoms with Gasteiger partial charge >= 0.3 is 0 Å². The van der Waals surface area contributed by atoms with Gasteiger partial charge in [0.15, 0.2) is 0 Å². The third-order valence-corrected chi connectivity index (χ3v) is 4.73. The fourth-order valence-corrected chi connectivity index (χ4v) is 3.33. The molecule has 0 unspecified atom stereocenters. The van der Waals surface area contributed by atoms with Crippen LogP contribution >= 0.6 is 15.9 Å². The molecular formula is C18H21BrN2O3. The fraction of sp³-hybridized carbons (Fsp3) is 0.444. The van der Waals surface area contributed by atoms with Crippen LogP contribution < -0.4 is 14.8 Å². The average molecular weight is 393 g/mol. The molecule has 1 aliphatic rings. The molecule has 24 heavy (non-hydrogen) atoms. The number of nitriles is 1. The lowest BCUT2D eigenvalue weighted by atomic mass is 9.95. The quantitative estimate of drug-likeness (QED) is 0.610. The molecule has 0 saturated heterocycles. The standard InChI is InChI=1S/C18H21BrN2O3/c1-23-16-10-17(24-2)15(19)9-12(16)8-13(11-20)18(22)21-14-6-4-3-5-7-14/h8-10,14H,3-7H2,1-2H3,(H,21,22). The van der Waals surface area contributed by atoms with Crippen LogP contribution in [0.5, 0.6) is 11.5 Å². The lowest BCUT2D eigenvalue weighted by Crippen LogP contribution is -2.36. The van der Waals surface area contributed by atoms with E-state index in [1.54, 1.807) is 25.3 Å². The van der Waals surface area contributed by atoms with Crippen LogP contribution in [0.2, 0.25) is 0 Å². The normalized spacial score (nSPS) is 15.5. The molecule has 1 amide bonds. The van der Waals surface area contributed by atoms with E-state index < -0.39 is 0 Å². The van der Waals surface area contributed by atoms with Crippen molar-refractivity contribution < 1.29 is 14.3 Å². The highest BCUT2D eigenvalue weighted by Gasteiger charge is 2.19. The molecule has 6 heteroatoms. The zero-order valence-electron chi connectivity index (χ0n) is 13.9. The molecule has 128 valence electrons. The fourth-order valence-electron chi connectivity index (χ4n) is 2.81. The Balaban J connectivity index is 2.24. The maximum Gasteiger partial charge on any atom is 0.262 e. The van der Waals surface area contributed by atoms with Gasteiger partial charge in [-0.2, -0.15) is 5.26 Å². The number of nitrogens with zero attached hydrogens (tertiary/aromatic N) is 1. The summed E-state index contributed by atoms with van der Waals surface area (Å²) in [5, 5.41) is 12.3. The van der Waals surface area contributed by atoms with E-state index in [1.165, 1.54) is 13.5 Å². The number of nitrogens with one attached hydrogen (secondary N) is 1. The number of carbonyl (C=O) groups excluding carboxylic acids is 1. The molecule has 1 aromatic rings. The number of halogens is 1. The Morgan fingerprint density at radius 3 is 2.50 bits per heavy atom. The average Bonchev–Trinajstić information content (AvgIpc) is 2.60. The maximum absolute atomic E-state index is 12.4. The number of benzene rings is 1. The highest BCUT2D eigenvalue weighted by molar-refractivity contribution is 9.10. The number of methoxy groups -OCH3 is 2. The molecule has 0 spiro atoms. The first-order valence-electron chi connectivity index (χ1n) is 7.93. The minimum atomic E-state index is -0.335. The molecule has 1 aromatic carbocycles. The Bertz CT molecular complexity index is 674. The van der Waals surface area contributed by atoms with Crippen LogP contribution in [0, 0.1) is 11.3 Å². The molecule has 2 rings (SSSR count). The number of carbonyl (C=O) groups is 1. The molecule has 1 aliphatic carbocycles. The summed E-state index contributed by atoms with van der Waals surface area (Å²) in [5.41, 5.74) is 0.705. The van der Waals surface area contributed by atoms with Crippen LogP contribution in [0.15, 0.2) is 22.2 Å². The van der Waals surface area contributed by atoms with Crippen LogP contribution in [-0.4, -0.2) is 26.2 Å². The third-order valence-electron chi connectivity index (χ3n) is 4.11. The molecule has 0 bridgehead atoms. The van der Waals surface area contributed by atoms with E-state index in [9.17, 15) is 10.1 Å². The summed E-state index contributed by atoms with van der Waals surface area (Å²) >= 11 is 3.41. The summed E-state index contributed by atoms with van der Waals surface area (Å²) in [4.78, 5) is 12.4. The van der Waals surface area contributed by atoms with Gasteiger partial charge in [0, 0.05) is 17.7 Å². The minimum Gasteiger partial charge on any atom is -0.496 e. The molecule has 1 fully saturated rings. The van der Waals surface area contributed by atoms with Crippen LogP contribution in [0.4, 0.5) is 0 Å². The Hall–Kier alpha value is -2.00. The summed E-state index contributed by atoms with van der Waals surface area (Å²) < 4.78 is 11.3. The molecule has 0 atom stereocenters. The molecule has 1 saturated carbocycles. The number of hydrogen-bond acceptors (Lipinski definition) is 4. The van der Waals surface area contributed by atoms with Crippen molar-refractivity contribution >= 4 is 27.9 Å². The topological polar surface area (TPSA) is 71.3 Å². The summed E-state index contributed by atoms with van der Waals surface area (Å²) in [6.45, 7) is 0. The largest absolute Gasteiger partial charge is 0.496 e. The number of amides is 1. The number of rotatable bonds is 5. The van der Waals surface area contributed by atoms with Crippen molar-refractivity contribution in [3.8, 4) is 17.6 Å². The highest BCUT2D eigenvalue weighted by Crippen LogP contribution is 2.34. The summed E-state index contributed by atoms with van der Waals surface area (Å²) in [7, 11) is 3.10. The van der Waals surface area contributed by atoms with Crippen molar-refractivity contribution in [2.24, 2.45) is 0 Å². The van der Waals surface area contributed by atoms with E-state index in [-0.39, 0.29) is 17.5 Å². The summed E-state index contributed by atoms with van der Waals surface area (Å²) in [6.07, 6.45) is 6.95. The Labute approximate surface area is 150 Å². The van der Waals surface area contributed by atoms with Crippen LogP contribution in [0.1, 0.15) is 37.7 Å². The summed E-state index contributed by atoms with van der Waals surface area (Å²) in [6, 6.07) is 5.62. The lowest BCUT2D eigenvalue weighted by molar-refractivity contribution is -0.117. The first-order chi connectivity index (χ1) is 11.6. The third kappa shape index (κ3) is 4.51. The molecule has 0 radical (unpaired) electrons. The van der Waals surface area contributed by atoms with Crippen molar-refractivity contribution in [3.05, 3.63) is 27.7 Å². The van der Waals surface area contributed by atoms with Crippen molar-refractivity contribution in [1.29, 1.82) is 5.26 Å². The van der Waals surface area contributed by atoms with Crippen molar-refractivity contribution in [2.45, 2.75) is 38.1 Å². The lowest BCUT2D eigenvalue weighted by Gasteiger charge is -2.22. The second kappa shape index (κ2) is 8.74. The molecule has 0 aromatic heterocycles. The zero-order valence-corrected chi connectivity index (χ0v) is 15.5. The molecule has 5 nitrogen and oxygen atoms in total. The SMILES string of the molecule is COc1cc(OC)c(C=C(C#N)C(=O)NC2CCCCC2)cc1Br. The predicted octanol–water partition coefficient (Wildman–Crippen LogP) is 3.82. The van der Waals surface area contributed by atoms with E-state index >= 15 is 0 Å². The first-order valence-corrected chi connectivity index (χ1v) is 8.72. The van der Waals surface area contributed by atoms with Gasteiger partial charge in [-0.25, -0.2) is 0 Å². The molecular weight excluding hydrogens is 372 g/mol. The van der Waals surface area contributed by atoms with Crippen LogP contribution in [-0.2, 0) is 4.79 Å². The van der Waals surface area contributed by atoms with E-state index in [0.29, 0.717) is 17.1 Å². The first kappa shape index (κ1) is 18.3. The monoisotopic (exact) mass is 392 g/mol. The van der Waals surface area contributed by atoms with Gasteiger partial charge in [0.2, 0.25) is 0 Å². The van der Waals surface area contributed by atoms with Gasteiger partial charge in [-0.15, -0.1) is 0 Å². The van der Waals surface area contributed by atoms with E-state index in [2.05, 4.69) is 21.2 Å². The predicted molar refractivity (Wildman–Crippen MR) is 95.9 cm³/mol. The Kier molecular flexibility index (Phi) is 6.68. The smallest absolute Gasteiger partial charge is 0.262 e. The Morgan fingerprint density at radius 1 is 1.25 bits per heavy atom. The van der Waals surface area contributed by atoms with Gasteiger partial charge < -0.3 is 14.8 Å². The van der Waals surface area contributed by atoms with Gasteiger partial charge in [-0.3, -0.25) is 4.79 Å². The van der Waals surface area contributed by atoms with Crippen LogP contribution in [0.25, 0.3) is 6.08 Å².